The summed E-state index contributed by atoms with van der Waals surface area (Å²) in [4.78, 5) is 14.7. The molecule has 100 valence electrons. The van der Waals surface area contributed by atoms with Crippen LogP contribution < -0.4 is 10.1 Å². The van der Waals surface area contributed by atoms with E-state index in [9.17, 15) is 4.79 Å². The van der Waals surface area contributed by atoms with Crippen LogP contribution >= 0.6 is 11.3 Å². The number of thiophene rings is 1. The van der Waals surface area contributed by atoms with Crippen molar-refractivity contribution in [1.82, 2.24) is 10.2 Å². The molecule has 0 bridgehead atoms. The van der Waals surface area contributed by atoms with E-state index in [-0.39, 0.29) is 5.91 Å². The quantitative estimate of drug-likeness (QED) is 0.908. The van der Waals surface area contributed by atoms with Crippen molar-refractivity contribution in [2.24, 2.45) is 0 Å². The standard InChI is InChI=1S/C13H20N2O2S/c1-15(8-10-5-3-4-6-14-10)13(16)12-7-11(17-2)9-18-12/h7,9-10,14H,3-6,8H2,1-2H3. The number of hydrogen-bond acceptors (Lipinski definition) is 4. The van der Waals surface area contributed by atoms with Gasteiger partial charge in [0.2, 0.25) is 0 Å². The SMILES string of the molecule is COc1csc(C(=O)N(C)CC2CCCCN2)c1. The lowest BCUT2D eigenvalue weighted by molar-refractivity contribution is 0.0780. The Hall–Kier alpha value is -1.07. The zero-order chi connectivity index (χ0) is 13.0. The fraction of sp³-hybridized carbons (Fsp3) is 0.615. The fourth-order valence-corrected chi connectivity index (χ4v) is 3.07. The molecule has 0 aliphatic carbocycles. The van der Waals surface area contributed by atoms with Crippen LogP contribution in [0, 0.1) is 0 Å². The van der Waals surface area contributed by atoms with Crippen LogP contribution in [0.1, 0.15) is 28.9 Å². The Labute approximate surface area is 112 Å². The molecule has 0 aromatic carbocycles. The van der Waals surface area contributed by atoms with Crippen LogP contribution in [0.15, 0.2) is 11.4 Å². The Kier molecular flexibility index (Phi) is 4.60. The summed E-state index contributed by atoms with van der Waals surface area (Å²) in [5, 5.41) is 5.32. The van der Waals surface area contributed by atoms with Crippen molar-refractivity contribution >= 4 is 17.2 Å². The number of carbonyl (C=O) groups excluding carboxylic acids is 1. The first-order valence-electron chi connectivity index (χ1n) is 6.32. The summed E-state index contributed by atoms with van der Waals surface area (Å²) in [6, 6.07) is 2.24. The Morgan fingerprint density at radius 3 is 3.06 bits per heavy atom. The lowest BCUT2D eigenvalue weighted by Gasteiger charge is -2.28. The van der Waals surface area contributed by atoms with Gasteiger partial charge in [0.15, 0.2) is 0 Å². The zero-order valence-corrected chi connectivity index (χ0v) is 11.8. The average molecular weight is 268 g/mol. The minimum atomic E-state index is 0.0793. The van der Waals surface area contributed by atoms with E-state index in [2.05, 4.69) is 5.32 Å². The van der Waals surface area contributed by atoms with Gasteiger partial charge in [-0.05, 0) is 19.4 Å². The maximum atomic E-state index is 12.2. The first-order valence-corrected chi connectivity index (χ1v) is 7.20. The van der Waals surface area contributed by atoms with Gasteiger partial charge in [0.05, 0.1) is 12.0 Å². The van der Waals surface area contributed by atoms with Gasteiger partial charge in [0.25, 0.3) is 5.91 Å². The number of amides is 1. The van der Waals surface area contributed by atoms with Gasteiger partial charge in [-0.15, -0.1) is 11.3 Å². The lowest BCUT2D eigenvalue weighted by Crippen LogP contribution is -2.44. The normalized spacial score (nSPS) is 19.6. The van der Waals surface area contributed by atoms with Crippen LogP contribution in [0.5, 0.6) is 5.75 Å². The Balaban J connectivity index is 1.91. The van der Waals surface area contributed by atoms with Crippen molar-refractivity contribution in [3.05, 3.63) is 16.3 Å². The number of piperidine rings is 1. The molecule has 2 heterocycles. The van der Waals surface area contributed by atoms with Crippen LogP contribution in [-0.4, -0.2) is 44.1 Å². The highest BCUT2D eigenvalue weighted by molar-refractivity contribution is 7.12. The van der Waals surface area contributed by atoms with E-state index in [1.54, 1.807) is 18.1 Å². The molecule has 18 heavy (non-hydrogen) atoms. The number of likely N-dealkylation sites (N-methyl/N-ethyl adjacent to an activating group) is 1. The number of rotatable bonds is 4. The van der Waals surface area contributed by atoms with Crippen LogP contribution in [-0.2, 0) is 0 Å². The third-order valence-corrected chi connectivity index (χ3v) is 4.17. The Morgan fingerprint density at radius 2 is 2.44 bits per heavy atom. The highest BCUT2D eigenvalue weighted by atomic mass is 32.1. The Bertz CT molecular complexity index is 399. The molecule has 0 radical (unpaired) electrons. The summed E-state index contributed by atoms with van der Waals surface area (Å²) in [6.45, 7) is 1.85. The number of ether oxygens (including phenoxy) is 1. The molecule has 1 aromatic heterocycles. The summed E-state index contributed by atoms with van der Waals surface area (Å²) in [5.74, 6) is 0.836. The van der Waals surface area contributed by atoms with E-state index in [0.29, 0.717) is 6.04 Å². The van der Waals surface area contributed by atoms with Crippen LogP contribution in [0.2, 0.25) is 0 Å². The van der Waals surface area contributed by atoms with Crippen molar-refractivity contribution in [2.45, 2.75) is 25.3 Å². The first kappa shape index (κ1) is 13.4. The van der Waals surface area contributed by atoms with Crippen LogP contribution in [0.3, 0.4) is 0 Å². The fourth-order valence-electron chi connectivity index (χ4n) is 2.22. The Morgan fingerprint density at radius 1 is 1.61 bits per heavy atom. The molecule has 1 saturated heterocycles. The molecular formula is C13H20N2O2S. The van der Waals surface area contributed by atoms with Crippen molar-refractivity contribution in [1.29, 1.82) is 0 Å². The van der Waals surface area contributed by atoms with E-state index in [0.717, 1.165) is 30.1 Å². The molecule has 0 saturated carbocycles. The molecule has 2 rings (SSSR count). The molecule has 1 fully saturated rings. The highest BCUT2D eigenvalue weighted by Gasteiger charge is 2.19. The van der Waals surface area contributed by atoms with Crippen LogP contribution in [0.25, 0.3) is 0 Å². The van der Waals surface area contributed by atoms with Gasteiger partial charge in [-0.1, -0.05) is 6.42 Å². The van der Waals surface area contributed by atoms with E-state index in [4.69, 9.17) is 4.74 Å². The van der Waals surface area contributed by atoms with Crippen LogP contribution in [0.4, 0.5) is 0 Å². The topological polar surface area (TPSA) is 41.6 Å². The number of methoxy groups -OCH3 is 1. The first-order chi connectivity index (χ1) is 8.70. The number of carbonyl (C=O) groups is 1. The molecule has 5 heteroatoms. The lowest BCUT2D eigenvalue weighted by atomic mass is 10.0. The molecule has 4 nitrogen and oxygen atoms in total. The molecule has 1 amide bonds. The maximum absolute atomic E-state index is 12.2. The second-order valence-corrected chi connectivity index (χ2v) is 5.59. The molecule has 0 spiro atoms. The van der Waals surface area contributed by atoms with E-state index < -0.39 is 0 Å². The van der Waals surface area contributed by atoms with Gasteiger partial charge in [-0.25, -0.2) is 0 Å². The van der Waals surface area contributed by atoms with E-state index in [1.807, 2.05) is 12.4 Å². The average Bonchev–Trinajstić information content (AvgIpc) is 2.87. The van der Waals surface area contributed by atoms with Crippen molar-refractivity contribution in [3.8, 4) is 5.75 Å². The monoisotopic (exact) mass is 268 g/mol. The summed E-state index contributed by atoms with van der Waals surface area (Å²) in [5.41, 5.74) is 0. The number of nitrogens with zero attached hydrogens (tertiary/aromatic N) is 1. The summed E-state index contributed by atoms with van der Waals surface area (Å²) in [7, 11) is 3.48. The van der Waals surface area contributed by atoms with Crippen molar-refractivity contribution < 1.29 is 9.53 Å². The molecular weight excluding hydrogens is 248 g/mol. The minimum absolute atomic E-state index is 0.0793. The van der Waals surface area contributed by atoms with E-state index in [1.165, 1.54) is 24.2 Å². The molecule has 1 N–H and O–H groups in total. The van der Waals surface area contributed by atoms with Gasteiger partial charge in [0.1, 0.15) is 5.75 Å². The van der Waals surface area contributed by atoms with Gasteiger partial charge < -0.3 is 15.0 Å². The summed E-state index contributed by atoms with van der Waals surface area (Å²) >= 11 is 1.44. The van der Waals surface area contributed by atoms with Gasteiger partial charge in [-0.2, -0.15) is 0 Å². The summed E-state index contributed by atoms with van der Waals surface area (Å²) < 4.78 is 5.10. The predicted molar refractivity (Wildman–Crippen MR) is 73.5 cm³/mol. The zero-order valence-electron chi connectivity index (χ0n) is 10.9. The molecule has 1 aromatic rings. The van der Waals surface area contributed by atoms with Crippen molar-refractivity contribution in [2.75, 3.05) is 27.2 Å². The van der Waals surface area contributed by atoms with Crippen molar-refractivity contribution in [3.63, 3.8) is 0 Å². The number of hydrogen-bond donors (Lipinski definition) is 1. The third kappa shape index (κ3) is 3.23. The van der Waals surface area contributed by atoms with Gasteiger partial charge in [0, 0.05) is 31.1 Å². The molecule has 1 atom stereocenters. The predicted octanol–water partition coefficient (Wildman–Crippen LogP) is 1.97. The molecule has 1 unspecified atom stereocenters. The minimum Gasteiger partial charge on any atom is -0.496 e. The maximum Gasteiger partial charge on any atom is 0.263 e. The second-order valence-electron chi connectivity index (χ2n) is 4.68. The highest BCUT2D eigenvalue weighted by Crippen LogP contribution is 2.22. The number of nitrogens with one attached hydrogen (secondary N) is 1. The van der Waals surface area contributed by atoms with Gasteiger partial charge in [-0.3, -0.25) is 4.79 Å². The third-order valence-electron chi connectivity index (χ3n) is 3.28. The van der Waals surface area contributed by atoms with Gasteiger partial charge >= 0.3 is 0 Å². The smallest absolute Gasteiger partial charge is 0.263 e. The molecule has 1 aliphatic rings. The summed E-state index contributed by atoms with van der Waals surface area (Å²) in [6.07, 6.45) is 3.66. The second kappa shape index (κ2) is 6.20. The largest absolute Gasteiger partial charge is 0.496 e. The molecule has 1 aliphatic heterocycles. The van der Waals surface area contributed by atoms with E-state index >= 15 is 0 Å².